The quantitative estimate of drug-likeness (QED) is 0.412. The molecule has 0 spiro atoms. The predicted octanol–water partition coefficient (Wildman–Crippen LogP) is 3.70. The van der Waals surface area contributed by atoms with Crippen LogP contribution in [-0.4, -0.2) is 12.6 Å². The predicted molar refractivity (Wildman–Crippen MR) is 94.3 cm³/mol. The molecule has 0 N–H and O–H groups in total. The van der Waals surface area contributed by atoms with Crippen LogP contribution in [0.1, 0.15) is 16.7 Å². The van der Waals surface area contributed by atoms with Crippen LogP contribution in [0.2, 0.25) is 0 Å². The summed E-state index contributed by atoms with van der Waals surface area (Å²) >= 11 is 0. The first kappa shape index (κ1) is 16.8. The van der Waals surface area contributed by atoms with E-state index in [2.05, 4.69) is 0 Å². The Labute approximate surface area is 144 Å². The van der Waals surface area contributed by atoms with E-state index < -0.39 is 11.6 Å². The Balaban J connectivity index is 1.70. The van der Waals surface area contributed by atoms with Crippen LogP contribution < -0.4 is 15.1 Å². The third-order valence-electron chi connectivity index (χ3n) is 3.83. The van der Waals surface area contributed by atoms with E-state index in [9.17, 15) is 9.59 Å². The number of hydrogen-bond acceptors (Lipinski definition) is 5. The van der Waals surface area contributed by atoms with Crippen molar-refractivity contribution in [3.8, 4) is 11.5 Å². The molecular formula is C20H18O5. The summed E-state index contributed by atoms with van der Waals surface area (Å²) in [5.41, 5.74) is 2.90. The first-order chi connectivity index (χ1) is 11.9. The Morgan fingerprint density at radius 2 is 1.80 bits per heavy atom. The Kier molecular flexibility index (Phi) is 4.57. The molecule has 0 aliphatic carbocycles. The number of carbonyl (C=O) groups is 1. The van der Waals surface area contributed by atoms with Crippen molar-refractivity contribution < 1.29 is 18.7 Å². The molecule has 5 heteroatoms. The number of fused-ring (bicyclic) bond motifs is 1. The Bertz CT molecular complexity index is 1000. The summed E-state index contributed by atoms with van der Waals surface area (Å²) in [6.07, 6.45) is 0. The van der Waals surface area contributed by atoms with Gasteiger partial charge in [0.05, 0.1) is 0 Å². The third kappa shape index (κ3) is 3.88. The fourth-order valence-electron chi connectivity index (χ4n) is 2.62. The molecule has 0 bridgehead atoms. The second-order valence-corrected chi connectivity index (χ2v) is 5.94. The fourth-order valence-corrected chi connectivity index (χ4v) is 2.62. The molecule has 0 radical (unpaired) electrons. The van der Waals surface area contributed by atoms with Crippen molar-refractivity contribution in [3.05, 3.63) is 69.6 Å². The van der Waals surface area contributed by atoms with Crippen molar-refractivity contribution >= 4 is 16.9 Å². The summed E-state index contributed by atoms with van der Waals surface area (Å²) in [5.74, 6) is 0.520. The van der Waals surface area contributed by atoms with Gasteiger partial charge in [-0.15, -0.1) is 0 Å². The third-order valence-corrected chi connectivity index (χ3v) is 3.83. The lowest BCUT2D eigenvalue weighted by Gasteiger charge is -2.10. The van der Waals surface area contributed by atoms with Crippen LogP contribution in [0.5, 0.6) is 11.5 Å². The molecule has 3 aromatic rings. The monoisotopic (exact) mass is 338 g/mol. The van der Waals surface area contributed by atoms with E-state index in [0.717, 1.165) is 22.1 Å². The zero-order valence-electron chi connectivity index (χ0n) is 14.3. The first-order valence-corrected chi connectivity index (χ1v) is 7.87. The van der Waals surface area contributed by atoms with E-state index >= 15 is 0 Å². The van der Waals surface area contributed by atoms with E-state index in [1.807, 2.05) is 32.0 Å². The van der Waals surface area contributed by atoms with E-state index in [1.165, 1.54) is 6.07 Å². The molecule has 0 saturated heterocycles. The maximum atomic E-state index is 12.0. The lowest BCUT2D eigenvalue weighted by molar-refractivity contribution is -0.136. The number of carbonyl (C=O) groups excluding carboxylic acids is 1. The Hall–Kier alpha value is -3.08. The molecule has 0 unspecified atom stereocenters. The van der Waals surface area contributed by atoms with Gasteiger partial charge < -0.3 is 13.9 Å². The minimum Gasteiger partial charge on any atom is -0.482 e. The molecular weight excluding hydrogens is 320 g/mol. The molecule has 25 heavy (non-hydrogen) atoms. The summed E-state index contributed by atoms with van der Waals surface area (Å²) in [4.78, 5) is 23.4. The molecule has 2 aromatic carbocycles. The van der Waals surface area contributed by atoms with Gasteiger partial charge in [0, 0.05) is 11.5 Å². The number of hydrogen-bond donors (Lipinski definition) is 0. The molecule has 0 atom stereocenters. The van der Waals surface area contributed by atoms with E-state index in [1.54, 1.807) is 25.1 Å². The van der Waals surface area contributed by atoms with Gasteiger partial charge in [0.2, 0.25) is 0 Å². The fraction of sp³-hybridized carbons (Fsp3) is 0.200. The van der Waals surface area contributed by atoms with Crippen molar-refractivity contribution in [1.82, 2.24) is 0 Å². The summed E-state index contributed by atoms with van der Waals surface area (Å²) in [7, 11) is 0. The second-order valence-electron chi connectivity index (χ2n) is 5.94. The van der Waals surface area contributed by atoms with Crippen LogP contribution in [0.25, 0.3) is 11.0 Å². The van der Waals surface area contributed by atoms with Gasteiger partial charge in [0.25, 0.3) is 0 Å². The zero-order chi connectivity index (χ0) is 18.0. The first-order valence-electron chi connectivity index (χ1n) is 7.87. The minimum absolute atomic E-state index is 0.190. The molecule has 0 saturated carbocycles. The van der Waals surface area contributed by atoms with Crippen LogP contribution in [0, 0.1) is 20.8 Å². The number of esters is 1. The van der Waals surface area contributed by atoms with Crippen LogP contribution in [0.15, 0.2) is 51.7 Å². The number of benzene rings is 2. The van der Waals surface area contributed by atoms with E-state index in [-0.39, 0.29) is 6.61 Å². The summed E-state index contributed by atoms with van der Waals surface area (Å²) in [5, 5.41) is 0.722. The lowest BCUT2D eigenvalue weighted by atomic mass is 10.1. The highest BCUT2D eigenvalue weighted by Gasteiger charge is 2.10. The van der Waals surface area contributed by atoms with E-state index in [4.69, 9.17) is 13.9 Å². The molecule has 5 nitrogen and oxygen atoms in total. The Morgan fingerprint density at radius 1 is 1.00 bits per heavy atom. The molecule has 1 heterocycles. The molecule has 0 fully saturated rings. The van der Waals surface area contributed by atoms with E-state index in [0.29, 0.717) is 17.1 Å². The summed E-state index contributed by atoms with van der Waals surface area (Å²) in [6, 6.07) is 12.0. The van der Waals surface area contributed by atoms with Gasteiger partial charge in [-0.25, -0.2) is 9.59 Å². The van der Waals surface area contributed by atoms with Gasteiger partial charge in [0.15, 0.2) is 6.61 Å². The van der Waals surface area contributed by atoms with Gasteiger partial charge in [-0.3, -0.25) is 0 Å². The van der Waals surface area contributed by atoms with Crippen molar-refractivity contribution in [2.75, 3.05) is 6.61 Å². The van der Waals surface area contributed by atoms with Gasteiger partial charge in [-0.05, 0) is 56.2 Å². The highest BCUT2D eigenvalue weighted by atomic mass is 16.6. The van der Waals surface area contributed by atoms with Crippen molar-refractivity contribution in [3.63, 3.8) is 0 Å². The molecule has 1 aromatic heterocycles. The largest absolute Gasteiger partial charge is 0.482 e. The van der Waals surface area contributed by atoms with Crippen molar-refractivity contribution in [2.45, 2.75) is 20.8 Å². The molecule has 0 aliphatic heterocycles. The maximum absolute atomic E-state index is 12.0. The highest BCUT2D eigenvalue weighted by Crippen LogP contribution is 2.23. The molecule has 0 amide bonds. The SMILES string of the molecule is Cc1ccc(OCC(=O)Oc2ccc3oc(=O)cc(C)c3c2)c(C)c1. The lowest BCUT2D eigenvalue weighted by Crippen LogP contribution is -2.18. The van der Waals surface area contributed by atoms with Gasteiger partial charge in [-0.1, -0.05) is 17.7 Å². The average Bonchev–Trinajstić information content (AvgIpc) is 2.54. The standard InChI is InChI=1S/C20H18O5/c1-12-4-6-17(14(3)8-12)23-11-20(22)24-15-5-7-18-16(10-15)13(2)9-19(21)25-18/h4-10H,11H2,1-3H3. The second kappa shape index (κ2) is 6.81. The maximum Gasteiger partial charge on any atom is 0.349 e. The zero-order valence-corrected chi connectivity index (χ0v) is 14.3. The molecule has 0 aliphatic rings. The number of ether oxygens (including phenoxy) is 2. The van der Waals surface area contributed by atoms with Gasteiger partial charge in [0.1, 0.15) is 17.1 Å². The van der Waals surface area contributed by atoms with Crippen molar-refractivity contribution in [1.29, 1.82) is 0 Å². The van der Waals surface area contributed by atoms with Crippen molar-refractivity contribution in [2.24, 2.45) is 0 Å². The number of rotatable bonds is 4. The Morgan fingerprint density at radius 3 is 2.56 bits per heavy atom. The normalized spacial score (nSPS) is 10.7. The summed E-state index contributed by atoms with van der Waals surface area (Å²) < 4.78 is 15.9. The number of aryl methyl sites for hydroxylation is 3. The topological polar surface area (TPSA) is 65.7 Å². The molecule has 128 valence electrons. The van der Waals surface area contributed by atoms with Gasteiger partial charge >= 0.3 is 11.6 Å². The van der Waals surface area contributed by atoms with Crippen LogP contribution in [-0.2, 0) is 4.79 Å². The molecule has 3 rings (SSSR count). The van der Waals surface area contributed by atoms with Crippen LogP contribution in [0.4, 0.5) is 0 Å². The van der Waals surface area contributed by atoms with Gasteiger partial charge in [-0.2, -0.15) is 0 Å². The average molecular weight is 338 g/mol. The summed E-state index contributed by atoms with van der Waals surface area (Å²) in [6.45, 7) is 5.53. The van der Waals surface area contributed by atoms with Crippen LogP contribution >= 0.6 is 0 Å². The van der Waals surface area contributed by atoms with Crippen LogP contribution in [0.3, 0.4) is 0 Å². The smallest absolute Gasteiger partial charge is 0.349 e. The minimum atomic E-state index is -0.505. The highest BCUT2D eigenvalue weighted by molar-refractivity contribution is 5.83.